The number of benzene rings is 1. The van der Waals surface area contributed by atoms with Crippen LogP contribution in [0.5, 0.6) is 0 Å². The Labute approximate surface area is 159 Å². The number of nitrogens with one attached hydrogen (secondary N) is 1. The van der Waals surface area contributed by atoms with E-state index in [2.05, 4.69) is 15.2 Å². The van der Waals surface area contributed by atoms with Crippen molar-refractivity contribution in [2.45, 2.75) is 25.3 Å². The van der Waals surface area contributed by atoms with Crippen LogP contribution in [0.15, 0.2) is 48.8 Å². The van der Waals surface area contributed by atoms with E-state index < -0.39 is 5.41 Å². The molecule has 5 nitrogen and oxygen atoms in total. The first-order valence-electron chi connectivity index (χ1n) is 9.24. The lowest BCUT2D eigenvalue weighted by Crippen LogP contribution is -2.47. The lowest BCUT2D eigenvalue weighted by Gasteiger charge is -2.35. The van der Waals surface area contributed by atoms with Gasteiger partial charge in [0.25, 0.3) is 0 Å². The van der Waals surface area contributed by atoms with Gasteiger partial charge in [0, 0.05) is 32.0 Å². The molecule has 0 radical (unpaired) electrons. The topological polar surface area (TPSA) is 54.5 Å². The van der Waals surface area contributed by atoms with Crippen molar-refractivity contribution < 1.29 is 13.9 Å². The van der Waals surface area contributed by atoms with Crippen LogP contribution in [0.1, 0.15) is 31.0 Å². The van der Waals surface area contributed by atoms with Crippen LogP contribution in [-0.4, -0.2) is 48.6 Å². The molecule has 1 fully saturated rings. The summed E-state index contributed by atoms with van der Waals surface area (Å²) in [5.74, 6) is -0.393. The lowest BCUT2D eigenvalue weighted by molar-refractivity contribution is -0.126. The molecule has 1 amide bonds. The highest BCUT2D eigenvalue weighted by Gasteiger charge is 2.31. The molecule has 0 spiro atoms. The zero-order chi connectivity index (χ0) is 19.3. The van der Waals surface area contributed by atoms with Gasteiger partial charge in [-0.1, -0.05) is 18.2 Å². The molecule has 1 aliphatic rings. The molecule has 1 unspecified atom stereocenters. The smallest absolute Gasteiger partial charge is 0.230 e. The van der Waals surface area contributed by atoms with Gasteiger partial charge in [0.15, 0.2) is 0 Å². The van der Waals surface area contributed by atoms with Crippen LogP contribution in [0.3, 0.4) is 0 Å². The van der Waals surface area contributed by atoms with E-state index >= 15 is 0 Å². The summed E-state index contributed by atoms with van der Waals surface area (Å²) in [6, 6.07) is 10.1. The predicted molar refractivity (Wildman–Crippen MR) is 102 cm³/mol. The van der Waals surface area contributed by atoms with Crippen LogP contribution in [0.4, 0.5) is 4.39 Å². The number of halogens is 1. The Morgan fingerprint density at radius 3 is 2.59 bits per heavy atom. The molecule has 1 aromatic heterocycles. The molecule has 144 valence electrons. The maximum Gasteiger partial charge on any atom is 0.230 e. The average molecular weight is 371 g/mol. The molecular formula is C21H26FN3O2. The second-order valence-electron chi connectivity index (χ2n) is 7.29. The normalized spacial score (nSPS) is 16.7. The van der Waals surface area contributed by atoms with E-state index in [1.807, 2.05) is 32.2 Å². The van der Waals surface area contributed by atoms with E-state index in [1.54, 1.807) is 18.3 Å². The van der Waals surface area contributed by atoms with Gasteiger partial charge < -0.3 is 10.1 Å². The highest BCUT2D eigenvalue weighted by Crippen LogP contribution is 2.25. The fourth-order valence-electron chi connectivity index (χ4n) is 3.33. The van der Waals surface area contributed by atoms with Gasteiger partial charge in [0.05, 0.1) is 24.7 Å². The Bertz CT molecular complexity index is 744. The number of hydrogen-bond donors (Lipinski definition) is 1. The molecular weight excluding hydrogens is 345 g/mol. The van der Waals surface area contributed by atoms with Gasteiger partial charge in [0.1, 0.15) is 5.82 Å². The molecule has 1 aromatic carbocycles. The van der Waals surface area contributed by atoms with Crippen molar-refractivity contribution in [2.75, 3.05) is 32.8 Å². The molecule has 2 heterocycles. The highest BCUT2D eigenvalue weighted by atomic mass is 19.1. The SMILES string of the molecule is CC(C)(C(=O)NCC(c1cccnc1)N1CCOCC1)c1ccc(F)cc1. The van der Waals surface area contributed by atoms with Gasteiger partial charge in [-0.05, 0) is 43.2 Å². The standard InChI is InChI=1S/C21H26FN3O2/c1-21(2,17-5-7-18(22)8-6-17)20(26)24-15-19(16-4-3-9-23-14-16)25-10-12-27-13-11-25/h3-9,14,19H,10-13,15H2,1-2H3,(H,24,26). The summed E-state index contributed by atoms with van der Waals surface area (Å²) in [4.78, 5) is 19.4. The number of carbonyl (C=O) groups excluding carboxylic acids is 1. The number of amides is 1. The van der Waals surface area contributed by atoms with Crippen molar-refractivity contribution in [3.63, 3.8) is 0 Å². The summed E-state index contributed by atoms with van der Waals surface area (Å²) >= 11 is 0. The maximum absolute atomic E-state index is 13.2. The number of aromatic nitrogens is 1. The molecule has 6 heteroatoms. The van der Waals surface area contributed by atoms with Crippen molar-refractivity contribution in [1.29, 1.82) is 0 Å². The first-order valence-corrected chi connectivity index (χ1v) is 9.24. The molecule has 1 aliphatic heterocycles. The fourth-order valence-corrected chi connectivity index (χ4v) is 3.33. The van der Waals surface area contributed by atoms with Crippen LogP contribution < -0.4 is 5.32 Å². The number of carbonyl (C=O) groups is 1. The number of hydrogen-bond acceptors (Lipinski definition) is 4. The Balaban J connectivity index is 1.72. The van der Waals surface area contributed by atoms with E-state index in [1.165, 1.54) is 12.1 Å². The van der Waals surface area contributed by atoms with Gasteiger partial charge >= 0.3 is 0 Å². The van der Waals surface area contributed by atoms with Crippen LogP contribution in [-0.2, 0) is 14.9 Å². The van der Waals surface area contributed by atoms with Crippen LogP contribution in [0.2, 0.25) is 0 Å². The first-order chi connectivity index (χ1) is 13.0. The number of nitrogens with zero attached hydrogens (tertiary/aromatic N) is 2. The molecule has 1 saturated heterocycles. The zero-order valence-corrected chi connectivity index (χ0v) is 15.8. The van der Waals surface area contributed by atoms with Gasteiger partial charge in [-0.2, -0.15) is 0 Å². The largest absolute Gasteiger partial charge is 0.379 e. The minimum Gasteiger partial charge on any atom is -0.379 e. The number of ether oxygens (including phenoxy) is 1. The average Bonchev–Trinajstić information content (AvgIpc) is 2.70. The van der Waals surface area contributed by atoms with Crippen molar-refractivity contribution in [3.05, 3.63) is 65.7 Å². The van der Waals surface area contributed by atoms with Gasteiger partial charge in [-0.25, -0.2) is 4.39 Å². The third-order valence-corrected chi connectivity index (χ3v) is 5.15. The minimum atomic E-state index is -0.752. The molecule has 0 saturated carbocycles. The second-order valence-corrected chi connectivity index (χ2v) is 7.29. The maximum atomic E-state index is 13.2. The van der Waals surface area contributed by atoms with Gasteiger partial charge in [-0.3, -0.25) is 14.7 Å². The van der Waals surface area contributed by atoms with E-state index in [0.29, 0.717) is 19.8 Å². The minimum absolute atomic E-state index is 0.0376. The Kier molecular flexibility index (Phi) is 6.19. The summed E-state index contributed by atoms with van der Waals surface area (Å²) in [6.07, 6.45) is 3.59. The molecule has 3 rings (SSSR count). The highest BCUT2D eigenvalue weighted by molar-refractivity contribution is 5.87. The fraction of sp³-hybridized carbons (Fsp3) is 0.429. The number of morpholine rings is 1. The van der Waals surface area contributed by atoms with E-state index in [9.17, 15) is 9.18 Å². The van der Waals surface area contributed by atoms with E-state index in [-0.39, 0.29) is 17.8 Å². The van der Waals surface area contributed by atoms with Crippen molar-refractivity contribution >= 4 is 5.91 Å². The molecule has 0 bridgehead atoms. The molecule has 0 aliphatic carbocycles. The summed E-state index contributed by atoms with van der Waals surface area (Å²) < 4.78 is 18.7. The third-order valence-electron chi connectivity index (χ3n) is 5.15. The number of rotatable bonds is 6. The van der Waals surface area contributed by atoms with Gasteiger partial charge in [0.2, 0.25) is 5.91 Å². The summed E-state index contributed by atoms with van der Waals surface area (Å²) in [5.41, 5.74) is 1.10. The zero-order valence-electron chi connectivity index (χ0n) is 15.8. The molecule has 1 N–H and O–H groups in total. The first kappa shape index (κ1) is 19.5. The summed E-state index contributed by atoms with van der Waals surface area (Å²) in [7, 11) is 0. The molecule has 2 aromatic rings. The number of pyridine rings is 1. The van der Waals surface area contributed by atoms with Crippen molar-refractivity contribution in [1.82, 2.24) is 15.2 Å². The third kappa shape index (κ3) is 4.70. The Hall–Kier alpha value is -2.31. The molecule has 27 heavy (non-hydrogen) atoms. The predicted octanol–water partition coefficient (Wildman–Crippen LogP) is 2.69. The van der Waals surface area contributed by atoms with E-state index in [0.717, 1.165) is 24.2 Å². The monoisotopic (exact) mass is 371 g/mol. The molecule has 1 atom stereocenters. The second kappa shape index (κ2) is 8.59. The van der Waals surface area contributed by atoms with Gasteiger partial charge in [-0.15, -0.1) is 0 Å². The van der Waals surface area contributed by atoms with Crippen molar-refractivity contribution in [3.8, 4) is 0 Å². The van der Waals surface area contributed by atoms with Crippen molar-refractivity contribution in [2.24, 2.45) is 0 Å². The van der Waals surface area contributed by atoms with Crippen LogP contribution in [0, 0.1) is 5.82 Å². The van der Waals surface area contributed by atoms with E-state index in [4.69, 9.17) is 4.74 Å². The quantitative estimate of drug-likeness (QED) is 0.848. The lowest BCUT2D eigenvalue weighted by atomic mass is 9.83. The van der Waals surface area contributed by atoms with Crippen LogP contribution in [0.25, 0.3) is 0 Å². The Morgan fingerprint density at radius 1 is 1.26 bits per heavy atom. The summed E-state index contributed by atoms with van der Waals surface area (Å²) in [6.45, 7) is 7.19. The Morgan fingerprint density at radius 2 is 1.96 bits per heavy atom. The van der Waals surface area contributed by atoms with Crippen LogP contribution >= 0.6 is 0 Å². The summed E-state index contributed by atoms with van der Waals surface area (Å²) in [5, 5.41) is 3.09.